The molecule has 6 nitrogen and oxygen atoms in total. The van der Waals surface area contributed by atoms with Gasteiger partial charge in [-0.05, 0) is 5.41 Å². The maximum atomic E-state index is 12.4. The molecule has 0 aromatic heterocycles. The van der Waals surface area contributed by atoms with Gasteiger partial charge in [-0.15, -0.1) is 0 Å². The van der Waals surface area contributed by atoms with Gasteiger partial charge in [0.05, 0.1) is 0 Å². The van der Waals surface area contributed by atoms with E-state index in [4.69, 9.17) is 5.11 Å². The van der Waals surface area contributed by atoms with Crippen LogP contribution < -0.4 is 5.32 Å². The molecular formula is C11H16F3NO5S. The van der Waals surface area contributed by atoms with Gasteiger partial charge in [-0.25, -0.2) is 0 Å². The van der Waals surface area contributed by atoms with Crippen molar-refractivity contribution in [2.24, 2.45) is 5.41 Å². The summed E-state index contributed by atoms with van der Waals surface area (Å²) in [7, 11) is -5.82. The first-order valence-corrected chi connectivity index (χ1v) is 7.38. The molecule has 2 N–H and O–H groups in total. The summed E-state index contributed by atoms with van der Waals surface area (Å²) in [6, 6.07) is -1.29. The molecule has 0 amide bonds. The Kier molecular flexibility index (Phi) is 4.64. The van der Waals surface area contributed by atoms with Gasteiger partial charge >= 0.3 is 21.6 Å². The number of nitrogens with one attached hydrogen (secondary N) is 1. The predicted octanol–water partition coefficient (Wildman–Crippen LogP) is 1.60. The zero-order chi connectivity index (χ0) is 16.6. The first-order valence-electron chi connectivity index (χ1n) is 5.98. The summed E-state index contributed by atoms with van der Waals surface area (Å²) in [4.78, 5) is 11.2. The summed E-state index contributed by atoms with van der Waals surface area (Å²) < 4.78 is 63.6. The number of rotatable bonds is 3. The summed E-state index contributed by atoms with van der Waals surface area (Å²) in [5.74, 6) is -1.78. The second-order valence-corrected chi connectivity index (χ2v) is 7.08. The van der Waals surface area contributed by atoms with Gasteiger partial charge in [0, 0.05) is 18.5 Å². The molecule has 1 heterocycles. The van der Waals surface area contributed by atoms with E-state index in [1.54, 1.807) is 20.8 Å². The Hall–Kier alpha value is -1.29. The molecule has 0 aliphatic carbocycles. The third-order valence-electron chi connectivity index (χ3n) is 2.84. The Morgan fingerprint density at radius 3 is 2.24 bits per heavy atom. The second kappa shape index (κ2) is 5.48. The van der Waals surface area contributed by atoms with Gasteiger partial charge < -0.3 is 14.6 Å². The molecule has 1 unspecified atom stereocenters. The molecule has 0 aromatic carbocycles. The number of carboxylic acid groups (broad SMARTS) is 1. The molecule has 0 saturated carbocycles. The van der Waals surface area contributed by atoms with Crippen molar-refractivity contribution in [1.82, 2.24) is 5.32 Å². The van der Waals surface area contributed by atoms with E-state index in [1.165, 1.54) is 0 Å². The first-order chi connectivity index (χ1) is 9.27. The summed E-state index contributed by atoms with van der Waals surface area (Å²) >= 11 is 0. The highest BCUT2D eigenvalue weighted by molar-refractivity contribution is 7.87. The fourth-order valence-electron chi connectivity index (χ4n) is 2.06. The van der Waals surface area contributed by atoms with E-state index >= 15 is 0 Å². The Balaban J connectivity index is 3.36. The van der Waals surface area contributed by atoms with Crippen molar-refractivity contribution in [2.45, 2.75) is 38.7 Å². The van der Waals surface area contributed by atoms with Gasteiger partial charge in [0.2, 0.25) is 0 Å². The first kappa shape index (κ1) is 17.8. The third kappa shape index (κ3) is 3.88. The number of alkyl halides is 3. The summed E-state index contributed by atoms with van der Waals surface area (Å²) in [6.07, 6.45) is -0.147. The van der Waals surface area contributed by atoms with E-state index in [1.807, 2.05) is 0 Å². The van der Waals surface area contributed by atoms with E-state index in [9.17, 15) is 26.4 Å². The zero-order valence-electron chi connectivity index (χ0n) is 11.6. The van der Waals surface area contributed by atoms with Gasteiger partial charge in [0.1, 0.15) is 11.8 Å². The monoisotopic (exact) mass is 331 g/mol. The molecule has 1 atom stereocenters. The molecule has 10 heteroatoms. The molecule has 0 spiro atoms. The second-order valence-electron chi connectivity index (χ2n) is 5.55. The van der Waals surface area contributed by atoms with Crippen LogP contribution in [0.3, 0.4) is 0 Å². The Morgan fingerprint density at radius 2 is 1.86 bits per heavy atom. The van der Waals surface area contributed by atoms with Crippen LogP contribution >= 0.6 is 0 Å². The molecule has 0 aromatic rings. The topological polar surface area (TPSA) is 92.7 Å². The maximum Gasteiger partial charge on any atom is 0.534 e. The molecule has 0 bridgehead atoms. The Bertz CT molecular complexity index is 559. The fraction of sp³-hybridized carbons (Fsp3) is 0.727. The Morgan fingerprint density at radius 1 is 1.33 bits per heavy atom. The van der Waals surface area contributed by atoms with E-state index in [2.05, 4.69) is 9.50 Å². The van der Waals surface area contributed by atoms with Crippen molar-refractivity contribution in [3.63, 3.8) is 0 Å². The van der Waals surface area contributed by atoms with Crippen LogP contribution in [0.2, 0.25) is 0 Å². The van der Waals surface area contributed by atoms with Crippen molar-refractivity contribution in [3.05, 3.63) is 11.3 Å². The molecular weight excluding hydrogens is 315 g/mol. The standard InChI is InChI=1S/C11H16F3NO5S/c1-10(2,3)7-6(4-5-15-8(7)9(16)17)20-21(18,19)11(12,13)14/h8,15H,4-5H2,1-3H3,(H,16,17). The smallest absolute Gasteiger partial charge is 0.480 e. The highest BCUT2D eigenvalue weighted by Crippen LogP contribution is 2.37. The fourth-order valence-corrected chi connectivity index (χ4v) is 2.59. The number of aliphatic carboxylic acids is 1. The molecule has 0 radical (unpaired) electrons. The van der Waals surface area contributed by atoms with Crippen LogP contribution in [0.15, 0.2) is 11.3 Å². The molecule has 0 fully saturated rings. The van der Waals surface area contributed by atoms with Gasteiger partial charge in [-0.2, -0.15) is 21.6 Å². The van der Waals surface area contributed by atoms with Crippen LogP contribution in [0.1, 0.15) is 27.2 Å². The lowest BCUT2D eigenvalue weighted by molar-refractivity contribution is -0.139. The van der Waals surface area contributed by atoms with Crippen LogP contribution in [0, 0.1) is 5.41 Å². The van der Waals surface area contributed by atoms with Crippen LogP contribution in [0.5, 0.6) is 0 Å². The summed E-state index contributed by atoms with van der Waals surface area (Å²) in [5.41, 5.74) is -6.46. The molecule has 122 valence electrons. The molecule has 1 rings (SSSR count). The SMILES string of the molecule is CC(C)(C)C1=C(OS(=O)(=O)C(F)(F)F)CCNC1C(=O)O. The highest BCUT2D eigenvalue weighted by Gasteiger charge is 2.50. The van der Waals surface area contributed by atoms with Crippen molar-refractivity contribution >= 4 is 16.1 Å². The summed E-state index contributed by atoms with van der Waals surface area (Å²) in [6.45, 7) is 4.69. The zero-order valence-corrected chi connectivity index (χ0v) is 12.4. The predicted molar refractivity (Wildman–Crippen MR) is 66.6 cm³/mol. The van der Waals surface area contributed by atoms with E-state index in [-0.39, 0.29) is 18.5 Å². The quantitative estimate of drug-likeness (QED) is 0.603. The van der Waals surface area contributed by atoms with Crippen molar-refractivity contribution in [2.75, 3.05) is 6.54 Å². The van der Waals surface area contributed by atoms with Crippen molar-refractivity contribution in [1.29, 1.82) is 0 Å². The normalized spacial score (nSPS) is 21.3. The van der Waals surface area contributed by atoms with Crippen molar-refractivity contribution in [3.8, 4) is 0 Å². The number of halogens is 3. The minimum absolute atomic E-state index is 0.000737. The number of carbonyl (C=O) groups is 1. The summed E-state index contributed by atoms with van der Waals surface area (Å²) in [5, 5.41) is 11.7. The van der Waals surface area contributed by atoms with Crippen LogP contribution in [-0.4, -0.2) is 37.6 Å². The molecule has 1 aliphatic rings. The number of carboxylic acids is 1. The highest BCUT2D eigenvalue weighted by atomic mass is 32.2. The van der Waals surface area contributed by atoms with Crippen LogP contribution in [0.4, 0.5) is 13.2 Å². The average Bonchev–Trinajstić information content (AvgIpc) is 2.24. The van der Waals surface area contributed by atoms with Gasteiger partial charge in [0.25, 0.3) is 0 Å². The average molecular weight is 331 g/mol. The maximum absolute atomic E-state index is 12.4. The minimum atomic E-state index is -5.82. The van der Waals surface area contributed by atoms with Crippen molar-refractivity contribution < 1.29 is 35.7 Å². The minimum Gasteiger partial charge on any atom is -0.480 e. The van der Waals surface area contributed by atoms with Crippen LogP contribution in [0.25, 0.3) is 0 Å². The van der Waals surface area contributed by atoms with E-state index in [0.29, 0.717) is 0 Å². The number of hydrogen-bond acceptors (Lipinski definition) is 5. The van der Waals surface area contributed by atoms with Crippen LogP contribution in [-0.2, 0) is 19.1 Å². The van der Waals surface area contributed by atoms with Gasteiger partial charge in [-0.3, -0.25) is 4.79 Å². The Labute approximate surface area is 120 Å². The third-order valence-corrected chi connectivity index (χ3v) is 3.83. The largest absolute Gasteiger partial charge is 0.534 e. The molecule has 0 saturated heterocycles. The van der Waals surface area contributed by atoms with Gasteiger partial charge in [0.15, 0.2) is 0 Å². The van der Waals surface area contributed by atoms with Gasteiger partial charge in [-0.1, -0.05) is 20.8 Å². The lowest BCUT2D eigenvalue weighted by atomic mass is 9.79. The van der Waals surface area contributed by atoms with E-state index < -0.39 is 38.8 Å². The molecule has 1 aliphatic heterocycles. The molecule has 21 heavy (non-hydrogen) atoms. The number of hydrogen-bond donors (Lipinski definition) is 2. The lowest BCUT2D eigenvalue weighted by Gasteiger charge is -2.34. The van der Waals surface area contributed by atoms with E-state index in [0.717, 1.165) is 0 Å². The lowest BCUT2D eigenvalue weighted by Crippen LogP contribution is -2.46.